The number of carboxylic acid groups (broad SMARTS) is 1. The lowest BCUT2D eigenvalue weighted by molar-refractivity contribution is 0.0694. The number of carboxylic acids is 1. The van der Waals surface area contributed by atoms with Gasteiger partial charge in [-0.05, 0) is 42.9 Å². The van der Waals surface area contributed by atoms with Crippen LogP contribution in [0.25, 0.3) is 11.3 Å². The van der Waals surface area contributed by atoms with E-state index in [4.69, 9.17) is 9.47 Å². The fraction of sp³-hybridized carbons (Fsp3) is 0.500. The van der Waals surface area contributed by atoms with E-state index in [2.05, 4.69) is 13.8 Å². The zero-order valence-electron chi connectivity index (χ0n) is 18.2. The molecule has 1 aliphatic carbocycles. The van der Waals surface area contributed by atoms with E-state index >= 15 is 0 Å². The Morgan fingerprint density at radius 1 is 1.26 bits per heavy atom. The molecule has 1 atom stereocenters. The fourth-order valence-electron chi connectivity index (χ4n) is 4.37. The Bertz CT molecular complexity index is 1070. The Kier molecular flexibility index (Phi) is 5.66. The van der Waals surface area contributed by atoms with Crippen LogP contribution in [0, 0.1) is 5.92 Å². The van der Waals surface area contributed by atoms with Gasteiger partial charge in [0.15, 0.2) is 5.43 Å². The van der Waals surface area contributed by atoms with E-state index in [0.29, 0.717) is 43.9 Å². The Hall–Kier alpha value is -2.64. The van der Waals surface area contributed by atoms with Crippen LogP contribution < -0.4 is 10.2 Å². The number of pyridine rings is 1. The molecular weight excluding hydrogens is 398 g/mol. The zero-order chi connectivity index (χ0) is 22.3. The molecule has 1 fully saturated rings. The standard InChI is InChI=1S/C24H29NO6/c1-14(2)19-9-15-10-22(31-8-4-7-30-3)18(24(29)5-6-24)11-16(15)20-12-21(26)17(23(27)28)13-25(19)20/h10-14,19,29H,4-9H2,1-3H3,(H,27,28). The van der Waals surface area contributed by atoms with Gasteiger partial charge in [0.1, 0.15) is 11.3 Å². The van der Waals surface area contributed by atoms with E-state index in [9.17, 15) is 19.8 Å². The molecule has 7 nitrogen and oxygen atoms in total. The van der Waals surface area contributed by atoms with Gasteiger partial charge < -0.3 is 24.3 Å². The first-order valence-electron chi connectivity index (χ1n) is 10.8. The molecule has 2 N–H and O–H groups in total. The van der Waals surface area contributed by atoms with E-state index < -0.39 is 17.0 Å². The maximum absolute atomic E-state index is 12.5. The Morgan fingerprint density at radius 2 is 2.00 bits per heavy atom. The maximum atomic E-state index is 12.5. The summed E-state index contributed by atoms with van der Waals surface area (Å²) >= 11 is 0. The topological polar surface area (TPSA) is 98.0 Å². The predicted octanol–water partition coefficient (Wildman–Crippen LogP) is 3.36. The number of carbonyl (C=O) groups is 1. The van der Waals surface area contributed by atoms with Crippen LogP contribution in [0.1, 0.15) is 60.6 Å². The fourth-order valence-corrected chi connectivity index (χ4v) is 4.37. The van der Waals surface area contributed by atoms with Crippen LogP contribution >= 0.6 is 0 Å². The third-order valence-corrected chi connectivity index (χ3v) is 6.32. The molecule has 0 amide bonds. The van der Waals surface area contributed by atoms with Crippen molar-refractivity contribution in [2.45, 2.75) is 51.2 Å². The largest absolute Gasteiger partial charge is 0.493 e. The zero-order valence-corrected chi connectivity index (χ0v) is 18.2. The SMILES string of the molecule is COCCCOc1cc2c(cc1C1(O)CC1)-c1cc(=O)c(C(=O)O)cn1C(C(C)C)C2. The molecule has 0 saturated heterocycles. The van der Waals surface area contributed by atoms with Gasteiger partial charge in [0.05, 0.1) is 17.9 Å². The first-order chi connectivity index (χ1) is 14.7. The average Bonchev–Trinajstić information content (AvgIpc) is 3.47. The smallest absolute Gasteiger partial charge is 0.341 e. The Balaban J connectivity index is 1.84. The van der Waals surface area contributed by atoms with Crippen LogP contribution in [-0.4, -0.2) is 41.1 Å². The summed E-state index contributed by atoms with van der Waals surface area (Å²) in [6.45, 7) is 5.26. The van der Waals surface area contributed by atoms with Crippen LogP contribution in [-0.2, 0) is 16.8 Å². The number of aromatic carboxylic acids is 1. The van der Waals surface area contributed by atoms with Crippen molar-refractivity contribution in [1.29, 1.82) is 0 Å². The molecule has 1 unspecified atom stereocenters. The molecule has 1 saturated carbocycles. The van der Waals surface area contributed by atoms with Gasteiger partial charge in [-0.2, -0.15) is 0 Å². The molecule has 2 aliphatic rings. The van der Waals surface area contributed by atoms with Crippen molar-refractivity contribution in [3.8, 4) is 17.0 Å². The highest BCUT2D eigenvalue weighted by molar-refractivity contribution is 5.87. The van der Waals surface area contributed by atoms with Crippen molar-refractivity contribution in [2.24, 2.45) is 5.92 Å². The second-order valence-electron chi connectivity index (χ2n) is 8.90. The van der Waals surface area contributed by atoms with Crippen LogP contribution in [0.15, 0.2) is 29.2 Å². The van der Waals surface area contributed by atoms with Gasteiger partial charge in [0.2, 0.25) is 0 Å². The molecule has 0 bridgehead atoms. The van der Waals surface area contributed by atoms with Crippen LogP contribution in [0.5, 0.6) is 5.75 Å². The summed E-state index contributed by atoms with van der Waals surface area (Å²) in [4.78, 5) is 24.0. The quantitative estimate of drug-likeness (QED) is 0.627. The van der Waals surface area contributed by atoms with Gasteiger partial charge in [-0.25, -0.2) is 4.79 Å². The lowest BCUT2D eigenvalue weighted by Gasteiger charge is -2.34. The van der Waals surface area contributed by atoms with Crippen molar-refractivity contribution >= 4 is 5.97 Å². The van der Waals surface area contributed by atoms with Crippen molar-refractivity contribution in [2.75, 3.05) is 20.3 Å². The first-order valence-corrected chi connectivity index (χ1v) is 10.8. The van der Waals surface area contributed by atoms with Crippen LogP contribution in [0.4, 0.5) is 0 Å². The monoisotopic (exact) mass is 427 g/mol. The number of methoxy groups -OCH3 is 1. The molecule has 2 aromatic rings. The molecule has 1 aromatic heterocycles. The van der Waals surface area contributed by atoms with E-state index in [-0.39, 0.29) is 17.5 Å². The summed E-state index contributed by atoms with van der Waals surface area (Å²) in [7, 11) is 1.65. The second kappa shape index (κ2) is 8.13. The minimum Gasteiger partial charge on any atom is -0.493 e. The van der Waals surface area contributed by atoms with Crippen molar-refractivity contribution in [3.63, 3.8) is 0 Å². The van der Waals surface area contributed by atoms with E-state index in [1.54, 1.807) is 7.11 Å². The Morgan fingerprint density at radius 3 is 2.61 bits per heavy atom. The highest BCUT2D eigenvalue weighted by Crippen LogP contribution is 2.51. The molecule has 31 heavy (non-hydrogen) atoms. The van der Waals surface area contributed by atoms with Gasteiger partial charge >= 0.3 is 5.97 Å². The van der Waals surface area contributed by atoms with Gasteiger partial charge in [-0.15, -0.1) is 0 Å². The number of hydrogen-bond donors (Lipinski definition) is 2. The molecule has 1 aromatic carbocycles. The summed E-state index contributed by atoms with van der Waals surface area (Å²) < 4.78 is 13.1. The van der Waals surface area contributed by atoms with Crippen LogP contribution in [0.3, 0.4) is 0 Å². The molecule has 1 aliphatic heterocycles. The maximum Gasteiger partial charge on any atom is 0.341 e. The van der Waals surface area contributed by atoms with Gasteiger partial charge in [-0.3, -0.25) is 4.79 Å². The number of nitrogens with zero attached hydrogens (tertiary/aromatic N) is 1. The number of benzene rings is 1. The predicted molar refractivity (Wildman–Crippen MR) is 116 cm³/mol. The Labute approximate surface area is 181 Å². The molecule has 4 rings (SSSR count). The molecular formula is C24H29NO6. The molecule has 166 valence electrons. The lowest BCUT2D eigenvalue weighted by Crippen LogP contribution is -2.28. The summed E-state index contributed by atoms with van der Waals surface area (Å²) in [5.74, 6) is -0.314. The molecule has 7 heteroatoms. The van der Waals surface area contributed by atoms with Gasteiger partial charge in [-0.1, -0.05) is 13.8 Å². The number of fused-ring (bicyclic) bond motifs is 3. The summed E-state index contributed by atoms with van der Waals surface area (Å²) in [5.41, 5.74) is 1.66. The number of hydrogen-bond acceptors (Lipinski definition) is 5. The lowest BCUT2D eigenvalue weighted by atomic mass is 9.85. The van der Waals surface area contributed by atoms with Crippen molar-refractivity contribution in [1.82, 2.24) is 4.57 Å². The number of rotatable bonds is 8. The van der Waals surface area contributed by atoms with E-state index in [0.717, 1.165) is 23.1 Å². The second-order valence-corrected chi connectivity index (χ2v) is 8.90. The summed E-state index contributed by atoms with van der Waals surface area (Å²) in [6, 6.07) is 5.34. The van der Waals surface area contributed by atoms with Crippen molar-refractivity contribution < 1.29 is 24.5 Å². The third-order valence-electron chi connectivity index (χ3n) is 6.32. The summed E-state index contributed by atoms with van der Waals surface area (Å²) in [6.07, 6.45) is 4.23. The molecule has 0 spiro atoms. The van der Waals surface area contributed by atoms with Gasteiger partial charge in [0.25, 0.3) is 0 Å². The number of aromatic nitrogens is 1. The minimum atomic E-state index is -1.22. The number of ether oxygens (including phenoxy) is 2. The highest BCUT2D eigenvalue weighted by Gasteiger charge is 2.45. The molecule has 2 heterocycles. The van der Waals surface area contributed by atoms with E-state index in [1.165, 1.54) is 12.3 Å². The summed E-state index contributed by atoms with van der Waals surface area (Å²) in [5, 5.41) is 20.3. The number of aliphatic hydroxyl groups is 1. The minimum absolute atomic E-state index is 0.0115. The molecule has 0 radical (unpaired) electrons. The van der Waals surface area contributed by atoms with Gasteiger partial charge in [0, 0.05) is 49.6 Å². The highest BCUT2D eigenvalue weighted by atomic mass is 16.5. The normalized spacial score (nSPS) is 18.4. The van der Waals surface area contributed by atoms with Crippen LogP contribution in [0.2, 0.25) is 0 Å². The van der Waals surface area contributed by atoms with Crippen molar-refractivity contribution in [3.05, 3.63) is 51.3 Å². The first kappa shape index (κ1) is 21.6. The third kappa shape index (κ3) is 4.00. The van der Waals surface area contributed by atoms with E-state index in [1.807, 2.05) is 16.7 Å². The average molecular weight is 427 g/mol.